The molecule has 0 bridgehead atoms. The normalized spacial score (nSPS) is 11.0. The van der Waals surface area contributed by atoms with E-state index < -0.39 is 7.92 Å². The van der Waals surface area contributed by atoms with E-state index in [0.29, 0.717) is 0 Å². The molecule has 0 heterocycles. The van der Waals surface area contributed by atoms with Crippen molar-refractivity contribution in [1.82, 2.24) is 0 Å². The topological polar surface area (TPSA) is 60.7 Å². The summed E-state index contributed by atoms with van der Waals surface area (Å²) in [5, 5.41) is 32.6. The Morgan fingerprint density at radius 1 is 0.480 bits per heavy atom. The van der Waals surface area contributed by atoms with Gasteiger partial charge in [0.25, 0.3) is 0 Å². The van der Waals surface area contributed by atoms with E-state index in [1.807, 2.05) is 72.8 Å². The molecule has 0 unspecified atom stereocenters. The first kappa shape index (κ1) is 17.8. The Bertz CT molecular complexity index is 735. The van der Waals surface area contributed by atoms with Crippen molar-refractivity contribution in [3.63, 3.8) is 0 Å². The van der Waals surface area contributed by atoms with E-state index in [0.717, 1.165) is 32.6 Å². The quantitative estimate of drug-likeness (QED) is 0.594. The van der Waals surface area contributed by atoms with E-state index in [-0.39, 0.29) is 19.8 Å². The van der Waals surface area contributed by atoms with Crippen LogP contribution in [0.4, 0.5) is 0 Å². The lowest BCUT2D eigenvalue weighted by atomic mass is 10.2. The molecule has 3 aromatic carbocycles. The largest absolute Gasteiger partial charge is 0.392 e. The molecule has 3 N–H and O–H groups in total. The van der Waals surface area contributed by atoms with Gasteiger partial charge in [-0.1, -0.05) is 72.8 Å². The Labute approximate surface area is 149 Å². The smallest absolute Gasteiger partial charge is 0.0688 e. The fourth-order valence-corrected chi connectivity index (χ4v) is 5.76. The molecule has 0 aliphatic carbocycles. The second-order valence-electron chi connectivity index (χ2n) is 5.70. The Kier molecular flexibility index (Phi) is 5.95. The van der Waals surface area contributed by atoms with Crippen molar-refractivity contribution in [2.24, 2.45) is 0 Å². The van der Waals surface area contributed by atoms with Gasteiger partial charge in [0.15, 0.2) is 0 Å². The first-order valence-corrected chi connectivity index (χ1v) is 9.50. The van der Waals surface area contributed by atoms with Gasteiger partial charge in [0, 0.05) is 0 Å². The molecule has 128 valence electrons. The van der Waals surface area contributed by atoms with E-state index in [4.69, 9.17) is 0 Å². The van der Waals surface area contributed by atoms with Crippen LogP contribution in [0, 0.1) is 0 Å². The average Bonchev–Trinajstić information content (AvgIpc) is 2.69. The van der Waals surface area contributed by atoms with Crippen molar-refractivity contribution < 1.29 is 15.3 Å². The molecule has 25 heavy (non-hydrogen) atoms. The number of benzene rings is 3. The lowest BCUT2D eigenvalue weighted by molar-refractivity contribution is 0.283. The van der Waals surface area contributed by atoms with E-state index in [1.165, 1.54) is 0 Å². The number of aliphatic hydroxyl groups is 3. The summed E-state index contributed by atoms with van der Waals surface area (Å²) in [4.78, 5) is 0. The van der Waals surface area contributed by atoms with Crippen LogP contribution in [0.1, 0.15) is 16.7 Å². The summed E-state index contributed by atoms with van der Waals surface area (Å²) in [5.74, 6) is 0. The average molecular weight is 352 g/mol. The second kappa shape index (κ2) is 8.37. The lowest BCUT2D eigenvalue weighted by Crippen LogP contribution is -2.27. The SMILES string of the molecule is OCc1ccccc1P(c1ccccc1CO)c1ccccc1CO. The molecule has 3 aromatic rings. The van der Waals surface area contributed by atoms with Gasteiger partial charge in [0.1, 0.15) is 0 Å². The molecule has 4 heteroatoms. The van der Waals surface area contributed by atoms with Crippen LogP contribution >= 0.6 is 7.92 Å². The maximum absolute atomic E-state index is 9.83. The minimum absolute atomic E-state index is 0.0441. The van der Waals surface area contributed by atoms with Crippen molar-refractivity contribution in [1.29, 1.82) is 0 Å². The molecular weight excluding hydrogens is 331 g/mol. The minimum Gasteiger partial charge on any atom is -0.392 e. The van der Waals surface area contributed by atoms with Crippen LogP contribution in [0.25, 0.3) is 0 Å². The zero-order valence-electron chi connectivity index (χ0n) is 13.8. The molecule has 3 nitrogen and oxygen atoms in total. The molecule has 0 aliphatic heterocycles. The predicted molar refractivity (Wildman–Crippen MR) is 103 cm³/mol. The fourth-order valence-electron chi connectivity index (χ4n) is 2.98. The summed E-state index contributed by atoms with van der Waals surface area (Å²) in [6, 6.07) is 23.5. The summed E-state index contributed by atoms with van der Waals surface area (Å²) in [7, 11) is -1.01. The molecule has 3 rings (SSSR count). The van der Waals surface area contributed by atoms with Crippen molar-refractivity contribution in [3.05, 3.63) is 89.5 Å². The molecule has 0 saturated heterocycles. The molecule has 0 radical (unpaired) electrons. The van der Waals surface area contributed by atoms with Crippen molar-refractivity contribution in [2.45, 2.75) is 19.8 Å². The number of hydrogen-bond acceptors (Lipinski definition) is 3. The van der Waals surface area contributed by atoms with Gasteiger partial charge in [-0.2, -0.15) is 0 Å². The van der Waals surface area contributed by atoms with Crippen molar-refractivity contribution >= 4 is 23.8 Å². The highest BCUT2D eigenvalue weighted by Gasteiger charge is 2.23. The van der Waals surface area contributed by atoms with Crippen LogP contribution in [0.15, 0.2) is 72.8 Å². The second-order valence-corrected chi connectivity index (χ2v) is 7.81. The first-order valence-electron chi connectivity index (χ1n) is 8.16. The van der Waals surface area contributed by atoms with Gasteiger partial charge in [0.2, 0.25) is 0 Å². The highest BCUT2D eigenvalue weighted by atomic mass is 31.1. The zero-order valence-corrected chi connectivity index (χ0v) is 14.7. The number of rotatable bonds is 6. The van der Waals surface area contributed by atoms with E-state index >= 15 is 0 Å². The zero-order chi connectivity index (χ0) is 17.6. The summed E-state index contributed by atoms with van der Waals surface area (Å²) in [5.41, 5.74) is 2.61. The molecule has 0 fully saturated rings. The predicted octanol–water partition coefficient (Wildman–Crippen LogP) is 1.92. The highest BCUT2D eigenvalue weighted by molar-refractivity contribution is 7.80. The minimum atomic E-state index is -1.01. The van der Waals surface area contributed by atoms with Gasteiger partial charge in [-0.3, -0.25) is 0 Å². The fraction of sp³-hybridized carbons (Fsp3) is 0.143. The van der Waals surface area contributed by atoms with Crippen LogP contribution in [-0.4, -0.2) is 15.3 Å². The molecular formula is C21H21O3P. The summed E-state index contributed by atoms with van der Waals surface area (Å²) < 4.78 is 0. The van der Waals surface area contributed by atoms with Gasteiger partial charge in [0.05, 0.1) is 19.8 Å². The molecule has 0 amide bonds. The van der Waals surface area contributed by atoms with Crippen LogP contribution in [0.2, 0.25) is 0 Å². The van der Waals surface area contributed by atoms with E-state index in [2.05, 4.69) is 0 Å². The van der Waals surface area contributed by atoms with Crippen LogP contribution in [0.3, 0.4) is 0 Å². The van der Waals surface area contributed by atoms with Crippen molar-refractivity contribution in [2.75, 3.05) is 0 Å². The summed E-state index contributed by atoms with van der Waals surface area (Å²) in [6.45, 7) is -0.132. The molecule has 0 aliphatic rings. The van der Waals surface area contributed by atoms with Gasteiger partial charge >= 0.3 is 0 Å². The van der Waals surface area contributed by atoms with Gasteiger partial charge in [-0.25, -0.2) is 0 Å². The molecule has 0 spiro atoms. The number of hydrogen-bond donors (Lipinski definition) is 3. The number of aliphatic hydroxyl groups excluding tert-OH is 3. The van der Waals surface area contributed by atoms with Gasteiger partial charge < -0.3 is 15.3 Å². The molecule has 0 aromatic heterocycles. The standard InChI is InChI=1S/C21H21O3P/c22-13-16-7-1-4-10-19(16)25(20-11-5-2-8-17(20)14-23)21-12-6-3-9-18(21)15-24/h1-12,22-24H,13-15H2. The maximum atomic E-state index is 9.83. The third-order valence-electron chi connectivity index (χ3n) is 4.21. The Balaban J connectivity index is 2.29. The van der Waals surface area contributed by atoms with Crippen molar-refractivity contribution in [3.8, 4) is 0 Å². The van der Waals surface area contributed by atoms with Crippen LogP contribution < -0.4 is 15.9 Å². The third-order valence-corrected chi connectivity index (χ3v) is 6.96. The first-order chi connectivity index (χ1) is 12.3. The molecule has 0 saturated carbocycles. The van der Waals surface area contributed by atoms with Crippen LogP contribution in [0.5, 0.6) is 0 Å². The third kappa shape index (κ3) is 3.65. The highest BCUT2D eigenvalue weighted by Crippen LogP contribution is 2.36. The summed E-state index contributed by atoms with van der Waals surface area (Å²) >= 11 is 0. The van der Waals surface area contributed by atoms with E-state index in [9.17, 15) is 15.3 Å². The van der Waals surface area contributed by atoms with Gasteiger partial charge in [-0.05, 0) is 40.5 Å². The Morgan fingerprint density at radius 3 is 1.04 bits per heavy atom. The lowest BCUT2D eigenvalue weighted by Gasteiger charge is -2.25. The summed E-state index contributed by atoms with van der Waals surface area (Å²) in [6.07, 6.45) is 0. The molecule has 0 atom stereocenters. The Hall–Kier alpha value is -2.03. The maximum Gasteiger partial charge on any atom is 0.0688 e. The monoisotopic (exact) mass is 352 g/mol. The Morgan fingerprint density at radius 2 is 0.760 bits per heavy atom. The van der Waals surface area contributed by atoms with E-state index in [1.54, 1.807) is 0 Å². The van der Waals surface area contributed by atoms with Crippen LogP contribution in [-0.2, 0) is 19.8 Å². The van der Waals surface area contributed by atoms with Gasteiger partial charge in [-0.15, -0.1) is 0 Å².